The lowest BCUT2D eigenvalue weighted by molar-refractivity contribution is -0.384. The van der Waals surface area contributed by atoms with Crippen LogP contribution in [-0.4, -0.2) is 21.5 Å². The molecule has 0 aliphatic heterocycles. The number of amides is 1. The molecule has 2 rings (SSSR count). The van der Waals surface area contributed by atoms with Crippen LogP contribution in [0, 0.1) is 10.1 Å². The molecular weight excluding hydrogens is 298 g/mol. The van der Waals surface area contributed by atoms with E-state index in [1.54, 1.807) is 0 Å². The van der Waals surface area contributed by atoms with Crippen molar-refractivity contribution in [3.8, 4) is 0 Å². The van der Waals surface area contributed by atoms with Gasteiger partial charge in [-0.15, -0.1) is 0 Å². The molecule has 21 heavy (non-hydrogen) atoms. The molecule has 0 saturated heterocycles. The number of carbonyl (C=O) groups is 1. The Morgan fingerprint density at radius 3 is 2.67 bits per heavy atom. The number of non-ortho nitro benzene ring substituents is 1. The van der Waals surface area contributed by atoms with Gasteiger partial charge in [0.2, 0.25) is 5.91 Å². The van der Waals surface area contributed by atoms with Crippen molar-refractivity contribution in [1.29, 1.82) is 0 Å². The second-order valence-electron chi connectivity index (χ2n) is 5.20. The maximum atomic E-state index is 11.8. The minimum atomic E-state index is -0.926. The van der Waals surface area contributed by atoms with Crippen LogP contribution in [0.1, 0.15) is 32.1 Å². The average Bonchev–Trinajstić information content (AvgIpc) is 2.83. The lowest BCUT2D eigenvalue weighted by atomic mass is 9.98. The van der Waals surface area contributed by atoms with Crippen LogP contribution in [0.3, 0.4) is 0 Å². The first kappa shape index (κ1) is 15.5. The Hall–Kier alpha value is -1.86. The van der Waals surface area contributed by atoms with Gasteiger partial charge in [-0.05, 0) is 18.9 Å². The van der Waals surface area contributed by atoms with E-state index in [-0.39, 0.29) is 23.0 Å². The van der Waals surface area contributed by atoms with Crippen LogP contribution in [0.5, 0.6) is 0 Å². The predicted octanol–water partition coefficient (Wildman–Crippen LogP) is 2.39. The van der Waals surface area contributed by atoms with Gasteiger partial charge in [0, 0.05) is 12.1 Å². The summed E-state index contributed by atoms with van der Waals surface area (Å²) in [6.45, 7) is 0. The van der Waals surface area contributed by atoms with Gasteiger partial charge in [0.15, 0.2) is 0 Å². The number of halogens is 1. The third-order valence-corrected chi connectivity index (χ3v) is 3.84. The summed E-state index contributed by atoms with van der Waals surface area (Å²) in [5, 5.41) is 20.8. The van der Waals surface area contributed by atoms with Crippen molar-refractivity contribution in [2.45, 2.75) is 37.7 Å². The normalized spacial score (nSPS) is 16.5. The highest BCUT2D eigenvalue weighted by molar-refractivity contribution is 6.33. The van der Waals surface area contributed by atoms with Crippen LogP contribution in [-0.2, 0) is 4.79 Å². The van der Waals surface area contributed by atoms with E-state index in [4.69, 9.17) is 11.6 Å². The van der Waals surface area contributed by atoms with Gasteiger partial charge in [-0.25, -0.2) is 0 Å². The van der Waals surface area contributed by atoms with Gasteiger partial charge in [0.25, 0.3) is 5.69 Å². The highest BCUT2D eigenvalue weighted by atomic mass is 35.5. The number of benzene rings is 1. The van der Waals surface area contributed by atoms with Crippen LogP contribution in [0.4, 0.5) is 11.4 Å². The lowest BCUT2D eigenvalue weighted by Gasteiger charge is -2.21. The largest absolute Gasteiger partial charge is 0.389 e. The molecule has 0 bridgehead atoms. The van der Waals surface area contributed by atoms with Crippen molar-refractivity contribution in [2.75, 3.05) is 5.43 Å². The van der Waals surface area contributed by atoms with E-state index in [1.807, 2.05) is 0 Å². The molecule has 1 aliphatic carbocycles. The van der Waals surface area contributed by atoms with Gasteiger partial charge in [0.05, 0.1) is 27.7 Å². The maximum Gasteiger partial charge on any atom is 0.271 e. The number of nitrogens with one attached hydrogen (secondary N) is 2. The molecule has 3 N–H and O–H groups in total. The van der Waals surface area contributed by atoms with Gasteiger partial charge < -0.3 is 5.11 Å². The summed E-state index contributed by atoms with van der Waals surface area (Å²) in [5.41, 5.74) is 4.34. The summed E-state index contributed by atoms with van der Waals surface area (Å²) < 4.78 is 0. The Morgan fingerprint density at radius 2 is 2.10 bits per heavy atom. The van der Waals surface area contributed by atoms with Crippen LogP contribution in [0.15, 0.2) is 18.2 Å². The Labute approximate surface area is 126 Å². The molecular formula is C13H16ClN3O4. The number of hydrazine groups is 1. The van der Waals surface area contributed by atoms with Gasteiger partial charge >= 0.3 is 0 Å². The third kappa shape index (κ3) is 4.05. The molecule has 0 aromatic heterocycles. The Bertz CT molecular complexity index is 558. The molecule has 0 spiro atoms. The van der Waals surface area contributed by atoms with E-state index >= 15 is 0 Å². The number of anilines is 1. The highest BCUT2D eigenvalue weighted by Crippen LogP contribution is 2.32. The van der Waals surface area contributed by atoms with Crippen molar-refractivity contribution in [2.24, 2.45) is 0 Å². The van der Waals surface area contributed by atoms with Gasteiger partial charge in [0.1, 0.15) is 0 Å². The Kier molecular flexibility index (Phi) is 4.64. The van der Waals surface area contributed by atoms with E-state index in [1.165, 1.54) is 18.2 Å². The second kappa shape index (κ2) is 6.28. The molecule has 1 aliphatic rings. The first-order chi connectivity index (χ1) is 9.89. The summed E-state index contributed by atoms with van der Waals surface area (Å²) in [6.07, 6.45) is 3.11. The predicted molar refractivity (Wildman–Crippen MR) is 77.9 cm³/mol. The Morgan fingerprint density at radius 1 is 1.43 bits per heavy atom. The van der Waals surface area contributed by atoms with Crippen molar-refractivity contribution in [1.82, 2.24) is 5.43 Å². The van der Waals surface area contributed by atoms with Crippen molar-refractivity contribution < 1.29 is 14.8 Å². The lowest BCUT2D eigenvalue weighted by Crippen LogP contribution is -2.37. The molecule has 1 amide bonds. The standard InChI is InChI=1S/C13H16ClN3O4/c14-10-7-9(17(20)21)3-4-11(10)15-16-12(18)8-13(19)5-1-2-6-13/h3-4,7,15,19H,1-2,5-6,8H2,(H,16,18). The number of aliphatic hydroxyl groups is 1. The van der Waals surface area contributed by atoms with Crippen molar-refractivity contribution in [3.63, 3.8) is 0 Å². The first-order valence-electron chi connectivity index (χ1n) is 6.61. The maximum absolute atomic E-state index is 11.8. The van der Waals surface area contributed by atoms with E-state index in [2.05, 4.69) is 10.9 Å². The third-order valence-electron chi connectivity index (χ3n) is 3.52. The fourth-order valence-corrected chi connectivity index (χ4v) is 2.63. The molecule has 8 heteroatoms. The number of hydrogen-bond acceptors (Lipinski definition) is 5. The van der Waals surface area contributed by atoms with E-state index in [0.717, 1.165) is 12.8 Å². The van der Waals surface area contributed by atoms with Crippen molar-refractivity contribution >= 4 is 28.9 Å². The monoisotopic (exact) mass is 313 g/mol. The number of rotatable bonds is 5. The highest BCUT2D eigenvalue weighted by Gasteiger charge is 2.33. The molecule has 1 aromatic rings. The van der Waals surface area contributed by atoms with Crippen molar-refractivity contribution in [3.05, 3.63) is 33.3 Å². The number of carbonyl (C=O) groups excluding carboxylic acids is 1. The zero-order chi connectivity index (χ0) is 15.5. The average molecular weight is 314 g/mol. The molecule has 1 fully saturated rings. The van der Waals surface area contributed by atoms with Gasteiger partial charge in [-0.2, -0.15) is 0 Å². The summed E-state index contributed by atoms with van der Waals surface area (Å²) in [7, 11) is 0. The minimum absolute atomic E-state index is 0.0185. The zero-order valence-electron chi connectivity index (χ0n) is 11.3. The smallest absolute Gasteiger partial charge is 0.271 e. The van der Waals surface area contributed by atoms with Crippen LogP contribution < -0.4 is 10.9 Å². The molecule has 1 saturated carbocycles. The zero-order valence-corrected chi connectivity index (χ0v) is 12.0. The number of nitro groups is 1. The Balaban J connectivity index is 1.90. The van der Waals surface area contributed by atoms with Crippen LogP contribution >= 0.6 is 11.6 Å². The fourth-order valence-electron chi connectivity index (χ4n) is 2.41. The number of nitrogens with zero attached hydrogens (tertiary/aromatic N) is 1. The van der Waals surface area contributed by atoms with Crippen LogP contribution in [0.2, 0.25) is 5.02 Å². The molecule has 0 heterocycles. The summed E-state index contributed by atoms with van der Waals surface area (Å²) in [5.74, 6) is -0.353. The first-order valence-corrected chi connectivity index (χ1v) is 6.99. The van der Waals surface area contributed by atoms with Gasteiger partial charge in [-0.1, -0.05) is 24.4 Å². The molecule has 7 nitrogen and oxygen atoms in total. The summed E-state index contributed by atoms with van der Waals surface area (Å²) in [6, 6.07) is 3.89. The fraction of sp³-hybridized carbons (Fsp3) is 0.462. The second-order valence-corrected chi connectivity index (χ2v) is 5.61. The van der Waals surface area contributed by atoms with E-state index in [0.29, 0.717) is 18.5 Å². The minimum Gasteiger partial charge on any atom is -0.389 e. The summed E-state index contributed by atoms with van der Waals surface area (Å²) in [4.78, 5) is 21.8. The number of hydrogen-bond donors (Lipinski definition) is 3. The number of nitro benzene ring substituents is 1. The van der Waals surface area contributed by atoms with Crippen LogP contribution in [0.25, 0.3) is 0 Å². The molecule has 114 valence electrons. The molecule has 0 radical (unpaired) electrons. The molecule has 0 atom stereocenters. The molecule has 1 aromatic carbocycles. The molecule has 0 unspecified atom stereocenters. The SMILES string of the molecule is O=C(CC1(O)CCCC1)NNc1ccc([N+](=O)[O-])cc1Cl. The summed E-state index contributed by atoms with van der Waals surface area (Å²) >= 11 is 5.89. The quantitative estimate of drug-likeness (QED) is 0.572. The van der Waals surface area contributed by atoms with E-state index in [9.17, 15) is 20.0 Å². The van der Waals surface area contributed by atoms with E-state index < -0.39 is 10.5 Å². The topological polar surface area (TPSA) is 104 Å². The van der Waals surface area contributed by atoms with Gasteiger partial charge in [-0.3, -0.25) is 25.8 Å².